The number of alkyl halides is 3. The number of amides is 2. The van der Waals surface area contributed by atoms with Gasteiger partial charge in [-0.3, -0.25) is 14.3 Å². The lowest BCUT2D eigenvalue weighted by molar-refractivity contribution is -0.138. The lowest BCUT2D eigenvalue weighted by atomic mass is 9.78. The first-order chi connectivity index (χ1) is 15.9. The Morgan fingerprint density at radius 2 is 1.91 bits per heavy atom. The number of ether oxygens (including phenoxy) is 1. The number of benzene rings is 1. The van der Waals surface area contributed by atoms with Gasteiger partial charge >= 0.3 is 6.18 Å². The molecule has 34 heavy (non-hydrogen) atoms. The number of halogens is 4. The summed E-state index contributed by atoms with van der Waals surface area (Å²) in [4.78, 5) is 28.4. The molecule has 2 aromatic rings. The fourth-order valence-corrected chi connectivity index (χ4v) is 5.10. The van der Waals surface area contributed by atoms with Crippen molar-refractivity contribution in [2.45, 2.75) is 43.6 Å². The fraction of sp³-hybridized carbons (Fsp3) is 0.500. The van der Waals surface area contributed by atoms with Crippen molar-refractivity contribution in [1.29, 1.82) is 0 Å². The minimum Gasteiger partial charge on any atom is -0.487 e. The molecule has 0 radical (unpaired) electrons. The van der Waals surface area contributed by atoms with Crippen LogP contribution in [0.1, 0.15) is 35.7 Å². The third-order valence-electron chi connectivity index (χ3n) is 6.75. The van der Waals surface area contributed by atoms with Crippen LogP contribution in [0.15, 0.2) is 24.4 Å². The van der Waals surface area contributed by atoms with Gasteiger partial charge in [0.2, 0.25) is 5.91 Å². The van der Waals surface area contributed by atoms with E-state index in [0.717, 1.165) is 25.0 Å². The molecular formula is C22H23F4N5O3. The highest BCUT2D eigenvalue weighted by Gasteiger charge is 2.57. The van der Waals surface area contributed by atoms with Gasteiger partial charge < -0.3 is 19.9 Å². The Kier molecular flexibility index (Phi) is 5.03. The van der Waals surface area contributed by atoms with E-state index >= 15 is 0 Å². The Morgan fingerprint density at radius 3 is 2.53 bits per heavy atom. The summed E-state index contributed by atoms with van der Waals surface area (Å²) < 4.78 is 59.5. The van der Waals surface area contributed by atoms with Gasteiger partial charge in [-0.25, -0.2) is 4.39 Å². The predicted octanol–water partition coefficient (Wildman–Crippen LogP) is 2.34. The van der Waals surface area contributed by atoms with Crippen molar-refractivity contribution in [3.8, 4) is 5.75 Å². The molecule has 2 amide bonds. The number of anilines is 1. The number of rotatable bonds is 5. The Labute approximate surface area is 192 Å². The van der Waals surface area contributed by atoms with Gasteiger partial charge in [0, 0.05) is 32.6 Å². The third-order valence-corrected chi connectivity index (χ3v) is 6.75. The number of carbonyl (C=O) groups excluding carboxylic acids is 2. The summed E-state index contributed by atoms with van der Waals surface area (Å²) in [6.45, 7) is 2.60. The van der Waals surface area contributed by atoms with Crippen molar-refractivity contribution in [3.05, 3.63) is 41.3 Å². The van der Waals surface area contributed by atoms with Crippen molar-refractivity contribution in [2.75, 3.05) is 24.5 Å². The van der Waals surface area contributed by atoms with Crippen LogP contribution in [0.4, 0.5) is 23.4 Å². The van der Waals surface area contributed by atoms with E-state index in [9.17, 15) is 27.2 Å². The number of hydrogen-bond donors (Lipinski definition) is 1. The molecule has 6 rings (SSSR count). The molecule has 0 spiro atoms. The summed E-state index contributed by atoms with van der Waals surface area (Å²) in [6.07, 6.45) is -2.24. The minimum atomic E-state index is -4.68. The third kappa shape index (κ3) is 3.84. The second-order valence-corrected chi connectivity index (χ2v) is 9.27. The standard InChI is InChI=1S/C22H23F4N5O3/c1-12(32)31-11-21(6-15(31)7-21)28-19(33)18-8-27-29(2)20(18)30-9-17(10-30)34-16-4-13(22(24,25)26)3-14(23)5-16/h3-5,8,15,17H,6-7,9-11H2,1-2H3,(H,28,33). The Morgan fingerprint density at radius 1 is 1.21 bits per heavy atom. The predicted molar refractivity (Wildman–Crippen MR) is 112 cm³/mol. The van der Waals surface area contributed by atoms with Crippen LogP contribution in [0.5, 0.6) is 5.75 Å². The summed E-state index contributed by atoms with van der Waals surface area (Å²) >= 11 is 0. The van der Waals surface area contributed by atoms with Crippen molar-refractivity contribution < 1.29 is 31.9 Å². The molecule has 12 heteroatoms. The van der Waals surface area contributed by atoms with Gasteiger partial charge in [0.25, 0.3) is 5.91 Å². The van der Waals surface area contributed by atoms with Crippen LogP contribution >= 0.6 is 0 Å². The van der Waals surface area contributed by atoms with Gasteiger partial charge in [0.05, 0.1) is 30.4 Å². The Bertz CT molecular complexity index is 1150. The monoisotopic (exact) mass is 481 g/mol. The van der Waals surface area contributed by atoms with E-state index in [0.29, 0.717) is 37.1 Å². The van der Waals surface area contributed by atoms with Crippen LogP contribution in [-0.2, 0) is 18.0 Å². The maximum Gasteiger partial charge on any atom is 0.416 e. The molecule has 0 unspecified atom stereocenters. The lowest BCUT2D eigenvalue weighted by Crippen LogP contribution is -2.56. The van der Waals surface area contributed by atoms with Crippen LogP contribution < -0.4 is 15.0 Å². The summed E-state index contributed by atoms with van der Waals surface area (Å²) in [6, 6.07) is 2.27. The molecule has 1 saturated carbocycles. The number of carbonyl (C=O) groups is 2. The van der Waals surface area contributed by atoms with Gasteiger partial charge in [0.1, 0.15) is 29.1 Å². The first kappa shape index (κ1) is 22.5. The lowest BCUT2D eigenvalue weighted by Gasteiger charge is -2.41. The maximum absolute atomic E-state index is 13.6. The zero-order valence-electron chi connectivity index (χ0n) is 18.5. The molecule has 8 nitrogen and oxygen atoms in total. The van der Waals surface area contributed by atoms with Gasteiger partial charge in [-0.15, -0.1) is 0 Å². The molecule has 1 aliphatic carbocycles. The van der Waals surface area contributed by atoms with Gasteiger partial charge in [-0.2, -0.15) is 18.3 Å². The largest absolute Gasteiger partial charge is 0.487 e. The van der Waals surface area contributed by atoms with Crippen LogP contribution in [0.2, 0.25) is 0 Å². The average molecular weight is 481 g/mol. The SMILES string of the molecule is CC(=O)N1CC2(NC(=O)c3cnn(C)c3N3CC(Oc4cc(F)cc(C(F)(F)F)c4)C3)CC1C2. The molecule has 0 atom stereocenters. The van der Waals surface area contributed by atoms with Crippen molar-refractivity contribution in [3.63, 3.8) is 0 Å². The summed E-state index contributed by atoms with van der Waals surface area (Å²) in [5.41, 5.74) is -1.17. The van der Waals surface area contributed by atoms with Crippen LogP contribution in [-0.4, -0.2) is 63.8 Å². The number of nitrogens with zero attached hydrogens (tertiary/aromatic N) is 4. The van der Waals surface area contributed by atoms with Gasteiger partial charge in [-0.1, -0.05) is 0 Å². The number of nitrogens with one attached hydrogen (secondary N) is 1. The second kappa shape index (κ2) is 7.60. The average Bonchev–Trinajstić information content (AvgIpc) is 3.34. The molecule has 4 fully saturated rings. The zero-order chi connectivity index (χ0) is 24.4. The topological polar surface area (TPSA) is 79.7 Å². The number of hydrogen-bond acceptors (Lipinski definition) is 5. The fourth-order valence-electron chi connectivity index (χ4n) is 5.10. The van der Waals surface area contributed by atoms with Gasteiger partial charge in [-0.05, 0) is 25.0 Å². The number of aryl methyl sites for hydroxylation is 1. The van der Waals surface area contributed by atoms with E-state index in [2.05, 4.69) is 10.4 Å². The molecule has 3 saturated heterocycles. The molecule has 182 valence electrons. The smallest absolute Gasteiger partial charge is 0.416 e. The van der Waals surface area contributed by atoms with E-state index in [-0.39, 0.29) is 23.6 Å². The quantitative estimate of drug-likeness (QED) is 0.664. The van der Waals surface area contributed by atoms with Crippen molar-refractivity contribution in [2.24, 2.45) is 7.05 Å². The first-order valence-corrected chi connectivity index (χ1v) is 10.9. The molecular weight excluding hydrogens is 458 g/mol. The highest BCUT2D eigenvalue weighted by atomic mass is 19.4. The van der Waals surface area contributed by atoms with Crippen LogP contribution in [0.3, 0.4) is 0 Å². The van der Waals surface area contributed by atoms with Crippen molar-refractivity contribution in [1.82, 2.24) is 20.0 Å². The van der Waals surface area contributed by atoms with E-state index in [1.54, 1.807) is 16.6 Å². The molecule has 4 aliphatic rings. The number of aromatic nitrogens is 2. The zero-order valence-corrected chi connectivity index (χ0v) is 18.5. The van der Waals surface area contributed by atoms with E-state index in [1.165, 1.54) is 13.1 Å². The minimum absolute atomic E-state index is 0.00652. The normalized spacial score (nSPS) is 24.0. The Balaban J connectivity index is 1.24. The maximum atomic E-state index is 13.6. The second-order valence-electron chi connectivity index (χ2n) is 9.27. The number of fused-ring (bicyclic) bond motifs is 1. The van der Waals surface area contributed by atoms with Crippen molar-refractivity contribution >= 4 is 17.6 Å². The van der Waals surface area contributed by atoms with E-state index in [4.69, 9.17) is 4.74 Å². The first-order valence-electron chi connectivity index (χ1n) is 10.9. The molecule has 1 N–H and O–H groups in total. The summed E-state index contributed by atoms with van der Waals surface area (Å²) in [5, 5.41) is 7.25. The highest BCUT2D eigenvalue weighted by molar-refractivity contribution is 5.99. The molecule has 4 heterocycles. The molecule has 1 aromatic carbocycles. The summed E-state index contributed by atoms with van der Waals surface area (Å²) in [7, 11) is 1.69. The van der Waals surface area contributed by atoms with Crippen LogP contribution in [0, 0.1) is 5.82 Å². The van der Waals surface area contributed by atoms with E-state index < -0.39 is 29.2 Å². The highest BCUT2D eigenvalue weighted by Crippen LogP contribution is 2.45. The van der Waals surface area contributed by atoms with Gasteiger partial charge in [0.15, 0.2) is 0 Å². The summed E-state index contributed by atoms with van der Waals surface area (Å²) in [5.74, 6) is -0.972. The van der Waals surface area contributed by atoms with Crippen LogP contribution in [0.25, 0.3) is 0 Å². The van der Waals surface area contributed by atoms with E-state index in [1.807, 2.05) is 4.90 Å². The molecule has 3 aliphatic heterocycles. The molecule has 2 bridgehead atoms. The Hall–Kier alpha value is -3.31. The molecule has 1 aromatic heterocycles.